The van der Waals surface area contributed by atoms with E-state index in [1.807, 2.05) is 0 Å². The standard InChI is InChI=1S/C8H21N2/c1-7-9(3)8(2)10(4,5)6/h8H,7H2,1-6H3/q+1. The molecule has 0 aromatic rings. The van der Waals surface area contributed by atoms with Gasteiger partial charge in [0.2, 0.25) is 0 Å². The Morgan fingerprint density at radius 2 is 1.70 bits per heavy atom. The lowest BCUT2D eigenvalue weighted by molar-refractivity contribution is -0.905. The molecule has 0 saturated heterocycles. The van der Waals surface area contributed by atoms with Crippen LogP contribution in [-0.2, 0) is 0 Å². The van der Waals surface area contributed by atoms with Crippen LogP contribution in [0.3, 0.4) is 0 Å². The SMILES string of the molecule is CCN(C)C(C)[N+](C)(C)C. The summed E-state index contributed by atoms with van der Waals surface area (Å²) in [7, 11) is 8.82. The van der Waals surface area contributed by atoms with E-state index >= 15 is 0 Å². The molecule has 0 rings (SSSR count). The molecule has 0 aromatic carbocycles. The van der Waals surface area contributed by atoms with Crippen molar-refractivity contribution in [3.05, 3.63) is 0 Å². The predicted molar refractivity (Wildman–Crippen MR) is 45.8 cm³/mol. The molecule has 0 amide bonds. The first-order chi connectivity index (χ1) is 4.39. The smallest absolute Gasteiger partial charge is 0.141 e. The van der Waals surface area contributed by atoms with Crippen LogP contribution in [0.15, 0.2) is 0 Å². The molecule has 0 aliphatic carbocycles. The first kappa shape index (κ1) is 9.92. The van der Waals surface area contributed by atoms with Gasteiger partial charge in [0.25, 0.3) is 0 Å². The van der Waals surface area contributed by atoms with Gasteiger partial charge in [0.1, 0.15) is 6.17 Å². The van der Waals surface area contributed by atoms with Gasteiger partial charge in [-0.3, -0.25) is 4.90 Å². The third-order valence-electron chi connectivity index (χ3n) is 2.26. The lowest BCUT2D eigenvalue weighted by Crippen LogP contribution is -2.52. The molecule has 0 fully saturated rings. The predicted octanol–water partition coefficient (Wildman–Crippen LogP) is 0.990. The largest absolute Gasteiger partial charge is 0.316 e. The van der Waals surface area contributed by atoms with Crippen molar-refractivity contribution in [2.75, 3.05) is 34.7 Å². The van der Waals surface area contributed by atoms with Gasteiger partial charge in [0, 0.05) is 13.5 Å². The van der Waals surface area contributed by atoms with Crippen molar-refractivity contribution in [1.29, 1.82) is 0 Å². The average Bonchev–Trinajstić information content (AvgIpc) is 1.83. The van der Waals surface area contributed by atoms with E-state index in [1.165, 1.54) is 0 Å². The maximum Gasteiger partial charge on any atom is 0.141 e. The van der Waals surface area contributed by atoms with Crippen LogP contribution in [0.5, 0.6) is 0 Å². The third kappa shape index (κ3) is 2.67. The van der Waals surface area contributed by atoms with Crippen LogP contribution < -0.4 is 0 Å². The van der Waals surface area contributed by atoms with E-state index in [-0.39, 0.29) is 0 Å². The summed E-state index contributed by atoms with van der Waals surface area (Å²) in [5.41, 5.74) is 0. The monoisotopic (exact) mass is 145 g/mol. The van der Waals surface area contributed by atoms with E-state index in [4.69, 9.17) is 0 Å². The van der Waals surface area contributed by atoms with Crippen molar-refractivity contribution in [3.8, 4) is 0 Å². The highest BCUT2D eigenvalue weighted by atomic mass is 15.4. The summed E-state index contributed by atoms with van der Waals surface area (Å²) in [6.45, 7) is 5.56. The van der Waals surface area contributed by atoms with Gasteiger partial charge in [-0.15, -0.1) is 0 Å². The number of quaternary nitrogens is 1. The second-order valence-electron chi connectivity index (χ2n) is 3.82. The van der Waals surface area contributed by atoms with Crippen LogP contribution in [0.25, 0.3) is 0 Å². The Bertz CT molecular complexity index is 93.9. The van der Waals surface area contributed by atoms with Gasteiger partial charge in [-0.25, -0.2) is 0 Å². The van der Waals surface area contributed by atoms with E-state index in [0.29, 0.717) is 6.17 Å². The molecule has 0 aliphatic heterocycles. The molecule has 0 aromatic heterocycles. The molecule has 0 aliphatic rings. The minimum absolute atomic E-state index is 0.602. The summed E-state index contributed by atoms with van der Waals surface area (Å²) >= 11 is 0. The molecular weight excluding hydrogens is 124 g/mol. The van der Waals surface area contributed by atoms with Crippen molar-refractivity contribution in [2.45, 2.75) is 20.0 Å². The number of hydrogen-bond donors (Lipinski definition) is 0. The summed E-state index contributed by atoms with van der Waals surface area (Å²) in [5, 5.41) is 0. The zero-order chi connectivity index (χ0) is 8.36. The highest BCUT2D eigenvalue weighted by Gasteiger charge is 2.20. The molecule has 2 heteroatoms. The lowest BCUT2D eigenvalue weighted by atomic mass is 10.4. The summed E-state index contributed by atoms with van der Waals surface area (Å²) in [6, 6.07) is 0. The van der Waals surface area contributed by atoms with Crippen molar-refractivity contribution in [1.82, 2.24) is 4.90 Å². The number of hydrogen-bond acceptors (Lipinski definition) is 1. The molecule has 0 N–H and O–H groups in total. The van der Waals surface area contributed by atoms with Gasteiger partial charge in [-0.05, 0) is 7.05 Å². The van der Waals surface area contributed by atoms with Crippen LogP contribution in [0, 0.1) is 0 Å². The summed E-state index contributed by atoms with van der Waals surface area (Å²) in [6.07, 6.45) is 0.602. The summed E-state index contributed by atoms with van der Waals surface area (Å²) in [5.74, 6) is 0. The number of nitrogens with zero attached hydrogens (tertiary/aromatic N) is 2. The van der Waals surface area contributed by atoms with E-state index in [9.17, 15) is 0 Å². The Balaban J connectivity index is 3.94. The normalized spacial score (nSPS) is 15.9. The highest BCUT2D eigenvalue weighted by Crippen LogP contribution is 2.04. The van der Waals surface area contributed by atoms with Crippen molar-refractivity contribution in [3.63, 3.8) is 0 Å². The fourth-order valence-electron chi connectivity index (χ4n) is 0.856. The molecule has 62 valence electrons. The zero-order valence-electron chi connectivity index (χ0n) is 8.18. The van der Waals surface area contributed by atoms with Crippen LogP contribution in [0.1, 0.15) is 13.8 Å². The van der Waals surface area contributed by atoms with Crippen LogP contribution in [0.2, 0.25) is 0 Å². The topological polar surface area (TPSA) is 3.24 Å². The molecule has 1 unspecified atom stereocenters. The van der Waals surface area contributed by atoms with Crippen molar-refractivity contribution in [2.24, 2.45) is 0 Å². The van der Waals surface area contributed by atoms with Crippen LogP contribution in [0.4, 0.5) is 0 Å². The first-order valence-electron chi connectivity index (χ1n) is 3.91. The fraction of sp³-hybridized carbons (Fsp3) is 1.00. The quantitative estimate of drug-likeness (QED) is 0.423. The van der Waals surface area contributed by atoms with Gasteiger partial charge in [-0.1, -0.05) is 6.92 Å². The van der Waals surface area contributed by atoms with E-state index < -0.39 is 0 Å². The highest BCUT2D eigenvalue weighted by molar-refractivity contribution is 4.47. The molecule has 0 saturated carbocycles. The van der Waals surface area contributed by atoms with Gasteiger partial charge >= 0.3 is 0 Å². The Hall–Kier alpha value is -0.0800. The molecule has 0 heterocycles. The molecule has 2 nitrogen and oxygen atoms in total. The van der Waals surface area contributed by atoms with Crippen LogP contribution in [-0.4, -0.2) is 50.3 Å². The molecular formula is C8H21N2+. The molecule has 0 bridgehead atoms. The maximum atomic E-state index is 2.35. The molecule has 0 spiro atoms. The zero-order valence-corrected chi connectivity index (χ0v) is 8.18. The second kappa shape index (κ2) is 3.35. The van der Waals surface area contributed by atoms with E-state index in [2.05, 4.69) is 46.9 Å². The second-order valence-corrected chi connectivity index (χ2v) is 3.82. The molecule has 0 radical (unpaired) electrons. The minimum Gasteiger partial charge on any atom is -0.316 e. The van der Waals surface area contributed by atoms with Gasteiger partial charge < -0.3 is 4.48 Å². The van der Waals surface area contributed by atoms with Crippen LogP contribution >= 0.6 is 0 Å². The van der Waals surface area contributed by atoms with Gasteiger partial charge in [-0.2, -0.15) is 0 Å². The van der Waals surface area contributed by atoms with Crippen molar-refractivity contribution >= 4 is 0 Å². The molecule has 10 heavy (non-hydrogen) atoms. The fourth-order valence-corrected chi connectivity index (χ4v) is 0.856. The van der Waals surface area contributed by atoms with E-state index in [0.717, 1.165) is 11.0 Å². The first-order valence-corrected chi connectivity index (χ1v) is 3.91. The lowest BCUT2D eigenvalue weighted by Gasteiger charge is -2.36. The third-order valence-corrected chi connectivity index (χ3v) is 2.26. The summed E-state index contributed by atoms with van der Waals surface area (Å²) < 4.78 is 1.00. The Kier molecular flexibility index (Phi) is 3.33. The Morgan fingerprint density at radius 3 is 1.80 bits per heavy atom. The Morgan fingerprint density at radius 1 is 1.30 bits per heavy atom. The van der Waals surface area contributed by atoms with Gasteiger partial charge in [0.05, 0.1) is 21.1 Å². The van der Waals surface area contributed by atoms with Crippen molar-refractivity contribution < 1.29 is 4.48 Å². The average molecular weight is 145 g/mol. The Labute approximate surface area is 65.0 Å². The number of rotatable bonds is 3. The maximum absolute atomic E-state index is 2.35. The van der Waals surface area contributed by atoms with Gasteiger partial charge in [0.15, 0.2) is 0 Å². The van der Waals surface area contributed by atoms with E-state index in [1.54, 1.807) is 0 Å². The summed E-state index contributed by atoms with van der Waals surface area (Å²) in [4.78, 5) is 2.35. The molecule has 1 atom stereocenters. The minimum atomic E-state index is 0.602.